The molecule has 0 amide bonds. The van der Waals surface area contributed by atoms with Gasteiger partial charge in [-0.05, 0) is 24.5 Å². The van der Waals surface area contributed by atoms with Gasteiger partial charge in [-0.1, -0.05) is 40.9 Å². The molecule has 7 nitrogen and oxygen atoms in total. The zero-order chi connectivity index (χ0) is 18.7. The lowest BCUT2D eigenvalue weighted by atomic mass is 10.2. The van der Waals surface area contributed by atoms with Crippen LogP contribution >= 0.6 is 34.8 Å². The highest BCUT2D eigenvalue weighted by Crippen LogP contribution is 2.29. The van der Waals surface area contributed by atoms with E-state index in [1.54, 1.807) is 12.3 Å². The van der Waals surface area contributed by atoms with E-state index in [1.165, 1.54) is 0 Å². The van der Waals surface area contributed by atoms with Gasteiger partial charge >= 0.3 is 5.70 Å². The van der Waals surface area contributed by atoms with Crippen LogP contribution in [0.1, 0.15) is 18.4 Å². The molecule has 3 heterocycles. The van der Waals surface area contributed by atoms with Crippen molar-refractivity contribution in [1.82, 2.24) is 14.8 Å². The van der Waals surface area contributed by atoms with Gasteiger partial charge in [-0.3, -0.25) is 15.1 Å². The number of pyridine rings is 1. The van der Waals surface area contributed by atoms with Crippen molar-refractivity contribution < 1.29 is 4.92 Å². The van der Waals surface area contributed by atoms with E-state index in [2.05, 4.69) is 9.98 Å². The first-order chi connectivity index (χ1) is 12.5. The summed E-state index contributed by atoms with van der Waals surface area (Å²) in [7, 11) is 0. The summed E-state index contributed by atoms with van der Waals surface area (Å²) in [6.07, 6.45) is 3.57. The lowest BCUT2D eigenvalue weighted by Gasteiger charge is -2.25. The minimum absolute atomic E-state index is 0.110. The number of rotatable bonds is 6. The largest absolute Gasteiger partial charge is 0.367 e. The molecule has 0 saturated carbocycles. The molecule has 1 saturated heterocycles. The molecule has 1 aromatic heterocycles. The summed E-state index contributed by atoms with van der Waals surface area (Å²) in [6.45, 7) is 2.92. The summed E-state index contributed by atoms with van der Waals surface area (Å²) in [5.41, 5.74) is 1.11. The van der Waals surface area contributed by atoms with E-state index in [-0.39, 0.29) is 5.70 Å². The number of likely N-dealkylation sites (tertiary alicyclic amines) is 1. The van der Waals surface area contributed by atoms with Crippen LogP contribution in [-0.2, 0) is 6.54 Å². The summed E-state index contributed by atoms with van der Waals surface area (Å²) < 4.78 is 0. The minimum Gasteiger partial charge on any atom is -0.367 e. The van der Waals surface area contributed by atoms with E-state index < -0.39 is 9.76 Å². The van der Waals surface area contributed by atoms with Crippen LogP contribution in [0.3, 0.4) is 0 Å². The minimum atomic E-state index is -0.990. The van der Waals surface area contributed by atoms with Crippen LogP contribution in [0.25, 0.3) is 0 Å². The monoisotopic (exact) mass is 417 g/mol. The molecule has 140 valence electrons. The van der Waals surface area contributed by atoms with E-state index in [0.29, 0.717) is 49.4 Å². The maximum atomic E-state index is 11.9. The average molecular weight is 419 g/mol. The van der Waals surface area contributed by atoms with Crippen molar-refractivity contribution in [3.8, 4) is 0 Å². The Morgan fingerprint density at radius 3 is 2.58 bits per heavy atom. The number of hydrogen-bond acceptors (Lipinski definition) is 6. The third-order valence-corrected chi connectivity index (χ3v) is 5.02. The van der Waals surface area contributed by atoms with E-state index in [4.69, 9.17) is 34.8 Å². The second kappa shape index (κ2) is 8.41. The Kier molecular flexibility index (Phi) is 6.21. The number of nitro groups is 1. The average Bonchev–Trinajstić information content (AvgIpc) is 3.26. The van der Waals surface area contributed by atoms with Crippen molar-refractivity contribution >= 4 is 40.6 Å². The Morgan fingerprint density at radius 1 is 1.27 bits per heavy atom. The summed E-state index contributed by atoms with van der Waals surface area (Å²) in [5, 5.41) is 12.3. The van der Waals surface area contributed by atoms with Gasteiger partial charge in [0.15, 0.2) is 4.84 Å². The summed E-state index contributed by atoms with van der Waals surface area (Å²) in [4.78, 5) is 22.7. The standard InChI is InChI=1S/C16H18Cl3N5O2/c17-12-4-3-11(9-21-12)10-23-8-5-20-16(23)14(24(25)26)13(15(18)19)22-6-1-2-7-22/h3-4,9,15H,1-2,5-8,10H2. The number of aromatic nitrogens is 1. The third kappa shape index (κ3) is 4.22. The summed E-state index contributed by atoms with van der Waals surface area (Å²) in [6, 6.07) is 3.53. The quantitative estimate of drug-likeness (QED) is 0.306. The van der Waals surface area contributed by atoms with E-state index in [0.717, 1.165) is 18.4 Å². The molecule has 0 aromatic carbocycles. The van der Waals surface area contributed by atoms with Crippen LogP contribution in [0.4, 0.5) is 0 Å². The highest BCUT2D eigenvalue weighted by atomic mass is 35.5. The van der Waals surface area contributed by atoms with Crippen molar-refractivity contribution in [3.63, 3.8) is 0 Å². The Hall–Kier alpha value is -1.57. The van der Waals surface area contributed by atoms with Crippen molar-refractivity contribution in [3.05, 3.63) is 50.6 Å². The topological polar surface area (TPSA) is 74.9 Å². The summed E-state index contributed by atoms with van der Waals surface area (Å²) in [5.74, 6) is 0.318. The molecular formula is C16H18Cl3N5O2. The molecule has 2 aliphatic heterocycles. The maximum absolute atomic E-state index is 11.9. The first kappa shape index (κ1) is 19.2. The molecule has 0 bridgehead atoms. The van der Waals surface area contributed by atoms with Crippen molar-refractivity contribution in [2.45, 2.75) is 24.2 Å². The van der Waals surface area contributed by atoms with Gasteiger partial charge in [0.25, 0.3) is 0 Å². The highest BCUT2D eigenvalue weighted by molar-refractivity contribution is 6.46. The van der Waals surface area contributed by atoms with E-state index >= 15 is 0 Å². The normalized spacial score (nSPS) is 18.4. The van der Waals surface area contributed by atoms with Crippen LogP contribution in [0.15, 0.2) is 34.7 Å². The van der Waals surface area contributed by atoms with E-state index in [1.807, 2.05) is 15.9 Å². The zero-order valence-corrected chi connectivity index (χ0v) is 16.2. The fraction of sp³-hybridized carbons (Fsp3) is 0.500. The first-order valence-electron chi connectivity index (χ1n) is 8.29. The fourth-order valence-electron chi connectivity index (χ4n) is 3.22. The Bertz CT molecular complexity index is 730. The third-order valence-electron chi connectivity index (χ3n) is 4.38. The fourth-order valence-corrected chi connectivity index (χ4v) is 3.81. The molecule has 3 rings (SSSR count). The second-order valence-corrected chi connectivity index (χ2v) is 7.59. The highest BCUT2D eigenvalue weighted by Gasteiger charge is 2.37. The molecule has 0 unspecified atom stereocenters. The number of amidine groups is 1. The van der Waals surface area contributed by atoms with Crippen molar-refractivity contribution in [2.75, 3.05) is 26.2 Å². The van der Waals surface area contributed by atoms with Gasteiger partial charge in [0.2, 0.25) is 5.84 Å². The molecule has 0 aliphatic carbocycles. The maximum Gasteiger partial charge on any atom is 0.332 e. The van der Waals surface area contributed by atoms with Gasteiger partial charge in [0, 0.05) is 32.4 Å². The van der Waals surface area contributed by atoms with Gasteiger partial charge in [-0.15, -0.1) is 0 Å². The number of halogens is 3. The molecule has 0 N–H and O–H groups in total. The van der Waals surface area contributed by atoms with Crippen molar-refractivity contribution in [2.24, 2.45) is 4.99 Å². The number of aliphatic imine (C=N–C) groups is 1. The molecule has 26 heavy (non-hydrogen) atoms. The van der Waals surface area contributed by atoms with Crippen LogP contribution in [0.2, 0.25) is 5.15 Å². The molecule has 0 spiro atoms. The molecule has 1 fully saturated rings. The molecular weight excluding hydrogens is 401 g/mol. The van der Waals surface area contributed by atoms with E-state index in [9.17, 15) is 10.1 Å². The van der Waals surface area contributed by atoms with Crippen LogP contribution in [0.5, 0.6) is 0 Å². The Morgan fingerprint density at radius 2 is 2.00 bits per heavy atom. The molecule has 0 atom stereocenters. The molecule has 10 heteroatoms. The Balaban J connectivity index is 1.94. The predicted octanol–water partition coefficient (Wildman–Crippen LogP) is 3.34. The molecule has 2 aliphatic rings. The first-order valence-corrected chi connectivity index (χ1v) is 9.54. The van der Waals surface area contributed by atoms with Gasteiger partial charge in [0.1, 0.15) is 10.9 Å². The number of nitrogens with zero attached hydrogens (tertiary/aromatic N) is 5. The Labute approximate surface area is 166 Å². The number of alkyl halides is 2. The van der Waals surface area contributed by atoms with Crippen LogP contribution in [0, 0.1) is 10.1 Å². The smallest absolute Gasteiger partial charge is 0.332 e. The van der Waals surface area contributed by atoms with Gasteiger partial charge in [-0.25, -0.2) is 4.98 Å². The predicted molar refractivity (Wildman–Crippen MR) is 102 cm³/mol. The van der Waals surface area contributed by atoms with Crippen molar-refractivity contribution in [1.29, 1.82) is 0 Å². The zero-order valence-electron chi connectivity index (χ0n) is 13.9. The number of hydrogen-bond donors (Lipinski definition) is 0. The SMILES string of the molecule is O=[N+]([O-])C(C1=NCCN1Cc1ccc(Cl)nc1)=C(C(Cl)Cl)N1CCCC1. The van der Waals surface area contributed by atoms with Gasteiger partial charge < -0.3 is 9.80 Å². The van der Waals surface area contributed by atoms with Gasteiger partial charge in [-0.2, -0.15) is 0 Å². The number of allylic oxidation sites excluding steroid dienone is 1. The lowest BCUT2D eigenvalue weighted by Crippen LogP contribution is -2.35. The van der Waals surface area contributed by atoms with Gasteiger partial charge in [0.05, 0.1) is 11.5 Å². The second-order valence-electron chi connectivity index (χ2n) is 6.10. The molecule has 1 aromatic rings. The lowest BCUT2D eigenvalue weighted by molar-refractivity contribution is -0.418. The summed E-state index contributed by atoms with van der Waals surface area (Å²) >= 11 is 18.1. The van der Waals surface area contributed by atoms with Crippen LogP contribution < -0.4 is 0 Å². The molecule has 0 radical (unpaired) electrons. The van der Waals surface area contributed by atoms with Crippen LogP contribution in [-0.4, -0.2) is 56.6 Å².